The third kappa shape index (κ3) is 4.15. The van der Waals surface area contributed by atoms with Gasteiger partial charge in [0.25, 0.3) is 0 Å². The van der Waals surface area contributed by atoms with Crippen LogP contribution in [0.25, 0.3) is 0 Å². The standard InChI is InChI=1S/C21H28FN3O2/c22-18-5-3-4-16(12-18)14-25-15-17(13-20(25)26)21(27)24-10-6-19(7-11-24)23-8-1-2-9-23/h3-5,12,17,19H,1-2,6-11,13-15H2. The van der Waals surface area contributed by atoms with Crippen LogP contribution in [0.1, 0.15) is 37.7 Å². The first-order valence-corrected chi connectivity index (χ1v) is 10.2. The average molecular weight is 373 g/mol. The van der Waals surface area contributed by atoms with Gasteiger partial charge in [-0.3, -0.25) is 9.59 Å². The number of likely N-dealkylation sites (tertiary alicyclic amines) is 3. The van der Waals surface area contributed by atoms with Gasteiger partial charge in [0.05, 0.1) is 5.92 Å². The van der Waals surface area contributed by atoms with Crippen molar-refractivity contribution in [2.45, 2.75) is 44.7 Å². The molecule has 0 radical (unpaired) electrons. The van der Waals surface area contributed by atoms with Gasteiger partial charge in [-0.25, -0.2) is 4.39 Å². The third-order valence-electron chi connectivity index (χ3n) is 6.26. The van der Waals surface area contributed by atoms with Crippen LogP contribution in [0.4, 0.5) is 4.39 Å². The van der Waals surface area contributed by atoms with E-state index in [1.165, 1.54) is 38.1 Å². The number of carbonyl (C=O) groups excluding carboxylic acids is 2. The summed E-state index contributed by atoms with van der Waals surface area (Å²) in [6, 6.07) is 6.93. The molecule has 1 aromatic rings. The number of benzene rings is 1. The summed E-state index contributed by atoms with van der Waals surface area (Å²) in [7, 11) is 0. The van der Waals surface area contributed by atoms with Crippen molar-refractivity contribution in [3.05, 3.63) is 35.6 Å². The lowest BCUT2D eigenvalue weighted by atomic mass is 10.0. The number of hydrogen-bond donors (Lipinski definition) is 0. The lowest BCUT2D eigenvalue weighted by Crippen LogP contribution is -2.47. The first-order valence-electron chi connectivity index (χ1n) is 10.2. The van der Waals surface area contributed by atoms with Crippen LogP contribution >= 0.6 is 0 Å². The maximum atomic E-state index is 13.4. The molecule has 146 valence electrons. The molecule has 3 aliphatic heterocycles. The summed E-state index contributed by atoms with van der Waals surface area (Å²) < 4.78 is 13.4. The molecule has 0 spiro atoms. The van der Waals surface area contributed by atoms with E-state index < -0.39 is 0 Å². The van der Waals surface area contributed by atoms with Gasteiger partial charge in [-0.05, 0) is 56.5 Å². The van der Waals surface area contributed by atoms with Gasteiger partial charge in [0.1, 0.15) is 5.82 Å². The Bertz CT molecular complexity index is 696. The highest BCUT2D eigenvalue weighted by molar-refractivity contribution is 5.89. The lowest BCUT2D eigenvalue weighted by molar-refractivity contribution is -0.137. The molecule has 3 fully saturated rings. The SMILES string of the molecule is O=C1CC(C(=O)N2CCC(N3CCCC3)CC2)CN1Cc1cccc(F)c1. The molecule has 1 atom stereocenters. The number of nitrogens with zero attached hydrogens (tertiary/aromatic N) is 3. The zero-order chi connectivity index (χ0) is 18.8. The van der Waals surface area contributed by atoms with Gasteiger partial charge in [0, 0.05) is 38.6 Å². The highest BCUT2D eigenvalue weighted by Crippen LogP contribution is 2.26. The van der Waals surface area contributed by atoms with E-state index in [4.69, 9.17) is 0 Å². The van der Waals surface area contributed by atoms with Gasteiger partial charge in [0.2, 0.25) is 11.8 Å². The van der Waals surface area contributed by atoms with Crippen LogP contribution < -0.4 is 0 Å². The number of carbonyl (C=O) groups is 2. The highest BCUT2D eigenvalue weighted by Gasteiger charge is 2.38. The molecular formula is C21H28FN3O2. The van der Waals surface area contributed by atoms with E-state index >= 15 is 0 Å². The van der Waals surface area contributed by atoms with Crippen molar-refractivity contribution < 1.29 is 14.0 Å². The molecule has 27 heavy (non-hydrogen) atoms. The van der Waals surface area contributed by atoms with E-state index in [0.29, 0.717) is 19.1 Å². The van der Waals surface area contributed by atoms with Gasteiger partial charge >= 0.3 is 0 Å². The van der Waals surface area contributed by atoms with Crippen molar-refractivity contribution >= 4 is 11.8 Å². The lowest BCUT2D eigenvalue weighted by Gasteiger charge is -2.37. The topological polar surface area (TPSA) is 43.9 Å². The minimum atomic E-state index is -0.298. The van der Waals surface area contributed by atoms with Crippen LogP contribution in [0.2, 0.25) is 0 Å². The summed E-state index contributed by atoms with van der Waals surface area (Å²) in [5.41, 5.74) is 0.767. The fraction of sp³-hybridized carbons (Fsp3) is 0.619. The number of halogens is 1. The number of rotatable bonds is 4. The largest absolute Gasteiger partial charge is 0.342 e. The Kier molecular flexibility index (Phi) is 5.43. The van der Waals surface area contributed by atoms with E-state index in [2.05, 4.69) is 4.90 Å². The molecule has 0 bridgehead atoms. The predicted octanol–water partition coefficient (Wildman–Crippen LogP) is 2.26. The molecule has 0 saturated carbocycles. The minimum Gasteiger partial charge on any atom is -0.342 e. The summed E-state index contributed by atoms with van der Waals surface area (Å²) in [5, 5.41) is 0. The van der Waals surface area contributed by atoms with Gasteiger partial charge in [-0.15, -0.1) is 0 Å². The van der Waals surface area contributed by atoms with Crippen LogP contribution in [0.15, 0.2) is 24.3 Å². The summed E-state index contributed by atoms with van der Waals surface area (Å²) in [6.07, 6.45) is 4.95. The Labute approximate surface area is 160 Å². The van der Waals surface area contributed by atoms with Crippen molar-refractivity contribution in [2.75, 3.05) is 32.7 Å². The second-order valence-electron chi connectivity index (χ2n) is 8.10. The van der Waals surface area contributed by atoms with Crippen LogP contribution in [-0.4, -0.2) is 65.3 Å². The Balaban J connectivity index is 1.30. The third-order valence-corrected chi connectivity index (χ3v) is 6.26. The van der Waals surface area contributed by atoms with Crippen molar-refractivity contribution in [1.82, 2.24) is 14.7 Å². The van der Waals surface area contributed by atoms with E-state index in [9.17, 15) is 14.0 Å². The number of amides is 2. The minimum absolute atomic E-state index is 0.00966. The van der Waals surface area contributed by atoms with E-state index in [1.54, 1.807) is 11.0 Å². The van der Waals surface area contributed by atoms with E-state index in [1.807, 2.05) is 11.0 Å². The van der Waals surface area contributed by atoms with Crippen LogP contribution in [0.3, 0.4) is 0 Å². The van der Waals surface area contributed by atoms with Crippen molar-refractivity contribution in [1.29, 1.82) is 0 Å². The van der Waals surface area contributed by atoms with Gasteiger partial charge in [-0.1, -0.05) is 12.1 Å². The quantitative estimate of drug-likeness (QED) is 0.813. The first kappa shape index (κ1) is 18.4. The van der Waals surface area contributed by atoms with E-state index in [0.717, 1.165) is 31.5 Å². The van der Waals surface area contributed by atoms with Crippen LogP contribution in [-0.2, 0) is 16.1 Å². The molecule has 5 nitrogen and oxygen atoms in total. The fourth-order valence-corrected chi connectivity index (χ4v) is 4.76. The molecule has 6 heteroatoms. The Hall–Kier alpha value is -1.95. The Morgan fingerprint density at radius 2 is 1.85 bits per heavy atom. The molecular weight excluding hydrogens is 345 g/mol. The molecule has 3 saturated heterocycles. The molecule has 0 aliphatic carbocycles. The maximum Gasteiger partial charge on any atom is 0.227 e. The zero-order valence-electron chi connectivity index (χ0n) is 15.8. The van der Waals surface area contributed by atoms with Gasteiger partial charge < -0.3 is 14.7 Å². The molecule has 0 N–H and O–H groups in total. The average Bonchev–Trinajstić information content (AvgIpc) is 3.32. The Morgan fingerprint density at radius 3 is 2.56 bits per heavy atom. The smallest absolute Gasteiger partial charge is 0.227 e. The van der Waals surface area contributed by atoms with Crippen molar-refractivity contribution in [3.8, 4) is 0 Å². The molecule has 4 rings (SSSR count). The van der Waals surface area contributed by atoms with E-state index in [-0.39, 0.29) is 30.0 Å². The second kappa shape index (κ2) is 7.97. The predicted molar refractivity (Wildman–Crippen MR) is 100 cm³/mol. The summed E-state index contributed by atoms with van der Waals surface area (Å²) in [4.78, 5) is 31.5. The molecule has 3 heterocycles. The second-order valence-corrected chi connectivity index (χ2v) is 8.10. The summed E-state index contributed by atoms with van der Waals surface area (Å²) in [5.74, 6) is -0.448. The van der Waals surface area contributed by atoms with Crippen LogP contribution in [0.5, 0.6) is 0 Å². The number of piperidine rings is 1. The van der Waals surface area contributed by atoms with Crippen molar-refractivity contribution in [2.24, 2.45) is 5.92 Å². The first-order chi connectivity index (χ1) is 13.1. The fourth-order valence-electron chi connectivity index (χ4n) is 4.76. The normalized spacial score (nSPS) is 24.8. The highest BCUT2D eigenvalue weighted by atomic mass is 19.1. The molecule has 3 aliphatic rings. The van der Waals surface area contributed by atoms with Gasteiger partial charge in [-0.2, -0.15) is 0 Å². The zero-order valence-corrected chi connectivity index (χ0v) is 15.8. The number of hydrogen-bond acceptors (Lipinski definition) is 3. The summed E-state index contributed by atoms with van der Waals surface area (Å²) in [6.45, 7) is 4.82. The molecule has 1 aromatic carbocycles. The van der Waals surface area contributed by atoms with Crippen molar-refractivity contribution in [3.63, 3.8) is 0 Å². The van der Waals surface area contributed by atoms with Gasteiger partial charge in [0.15, 0.2) is 0 Å². The molecule has 0 aromatic heterocycles. The monoisotopic (exact) mass is 373 g/mol. The summed E-state index contributed by atoms with van der Waals surface area (Å²) >= 11 is 0. The van der Waals surface area contributed by atoms with Crippen LogP contribution in [0, 0.1) is 11.7 Å². The molecule has 1 unspecified atom stereocenters. The molecule has 2 amide bonds. The Morgan fingerprint density at radius 1 is 1.11 bits per heavy atom. The maximum absolute atomic E-state index is 13.4.